The number of pyridine rings is 1. The van der Waals surface area contributed by atoms with Gasteiger partial charge in [-0.05, 0) is 12.1 Å². The third kappa shape index (κ3) is 3.66. The molecule has 2 N–H and O–H groups in total. The second kappa shape index (κ2) is 8.04. The van der Waals surface area contributed by atoms with Crippen LogP contribution in [0.25, 0.3) is 16.9 Å². The van der Waals surface area contributed by atoms with E-state index in [0.29, 0.717) is 36.1 Å². The minimum absolute atomic E-state index is 0.113. The van der Waals surface area contributed by atoms with Crippen LogP contribution in [0, 0.1) is 0 Å². The van der Waals surface area contributed by atoms with E-state index in [1.54, 1.807) is 16.7 Å². The smallest absolute Gasteiger partial charge is 0.355 e. The SMILES string of the molecule is O=C(O)c1c(-c2ccccc2)nc2c(Nc3cc(N4CCOCC4)ncn3)cccn12. The number of ether oxygens (including phenoxy) is 1. The number of aromatic nitrogens is 4. The number of carboxylic acid groups (broad SMARTS) is 1. The molecule has 0 radical (unpaired) electrons. The lowest BCUT2D eigenvalue weighted by atomic mass is 10.1. The van der Waals surface area contributed by atoms with Gasteiger partial charge in [0.25, 0.3) is 0 Å². The lowest BCUT2D eigenvalue weighted by Crippen LogP contribution is -2.36. The van der Waals surface area contributed by atoms with Crippen molar-refractivity contribution in [3.05, 3.63) is 66.7 Å². The summed E-state index contributed by atoms with van der Waals surface area (Å²) in [5.74, 6) is 0.373. The highest BCUT2D eigenvalue weighted by Gasteiger charge is 2.21. The Labute approximate surface area is 178 Å². The van der Waals surface area contributed by atoms with Gasteiger partial charge in [-0.3, -0.25) is 4.40 Å². The average Bonchev–Trinajstić information content (AvgIpc) is 3.22. The van der Waals surface area contributed by atoms with Gasteiger partial charge in [0.1, 0.15) is 23.7 Å². The normalized spacial score (nSPS) is 14.0. The van der Waals surface area contributed by atoms with Crippen LogP contribution < -0.4 is 10.2 Å². The van der Waals surface area contributed by atoms with Crippen LogP contribution in [0.15, 0.2) is 61.1 Å². The molecule has 4 aromatic rings. The van der Waals surface area contributed by atoms with E-state index in [-0.39, 0.29) is 5.69 Å². The summed E-state index contributed by atoms with van der Waals surface area (Å²) in [6, 6.07) is 14.8. The number of fused-ring (bicyclic) bond motifs is 1. The van der Waals surface area contributed by atoms with Crippen molar-refractivity contribution in [2.24, 2.45) is 0 Å². The number of morpholine rings is 1. The summed E-state index contributed by atoms with van der Waals surface area (Å²) in [7, 11) is 0. The molecule has 1 fully saturated rings. The number of rotatable bonds is 5. The Balaban J connectivity index is 1.55. The van der Waals surface area contributed by atoms with Gasteiger partial charge >= 0.3 is 5.97 Å². The zero-order valence-electron chi connectivity index (χ0n) is 16.6. The van der Waals surface area contributed by atoms with Crippen molar-refractivity contribution >= 4 is 28.9 Å². The Kier molecular flexibility index (Phi) is 4.93. The van der Waals surface area contributed by atoms with Gasteiger partial charge < -0.3 is 20.1 Å². The zero-order chi connectivity index (χ0) is 21.2. The summed E-state index contributed by atoms with van der Waals surface area (Å²) in [4.78, 5) is 27.5. The molecule has 9 nitrogen and oxygen atoms in total. The molecule has 0 aliphatic carbocycles. The van der Waals surface area contributed by atoms with E-state index in [9.17, 15) is 9.90 Å². The Morgan fingerprint density at radius 3 is 2.65 bits per heavy atom. The Bertz CT molecular complexity index is 1230. The van der Waals surface area contributed by atoms with Gasteiger partial charge in [-0.2, -0.15) is 0 Å². The van der Waals surface area contributed by atoms with Crippen molar-refractivity contribution in [3.8, 4) is 11.3 Å². The minimum atomic E-state index is -1.04. The van der Waals surface area contributed by atoms with Gasteiger partial charge in [0.05, 0.1) is 18.9 Å². The van der Waals surface area contributed by atoms with E-state index in [0.717, 1.165) is 24.5 Å². The predicted molar refractivity (Wildman–Crippen MR) is 116 cm³/mol. The third-order valence-corrected chi connectivity index (χ3v) is 5.15. The van der Waals surface area contributed by atoms with E-state index in [2.05, 4.69) is 25.2 Å². The maximum Gasteiger partial charge on any atom is 0.355 e. The fourth-order valence-electron chi connectivity index (χ4n) is 3.69. The fraction of sp³-hybridized carbons (Fsp3) is 0.182. The Hall–Kier alpha value is -3.98. The van der Waals surface area contributed by atoms with Crippen molar-refractivity contribution in [1.82, 2.24) is 19.4 Å². The van der Waals surface area contributed by atoms with Crippen LogP contribution >= 0.6 is 0 Å². The Morgan fingerprint density at radius 2 is 1.87 bits per heavy atom. The molecule has 1 aliphatic rings. The largest absolute Gasteiger partial charge is 0.476 e. The van der Waals surface area contributed by atoms with E-state index < -0.39 is 5.97 Å². The van der Waals surface area contributed by atoms with Gasteiger partial charge in [-0.25, -0.2) is 19.7 Å². The molecule has 0 saturated carbocycles. The van der Waals surface area contributed by atoms with Gasteiger partial charge in [-0.1, -0.05) is 30.3 Å². The number of hydrogen-bond donors (Lipinski definition) is 2. The van der Waals surface area contributed by atoms with Crippen LogP contribution in [0.3, 0.4) is 0 Å². The lowest BCUT2D eigenvalue weighted by molar-refractivity contribution is 0.0690. The van der Waals surface area contributed by atoms with Gasteiger partial charge in [0.2, 0.25) is 0 Å². The van der Waals surface area contributed by atoms with Gasteiger partial charge in [-0.15, -0.1) is 0 Å². The number of anilines is 3. The highest BCUT2D eigenvalue weighted by atomic mass is 16.5. The van der Waals surface area contributed by atoms with Gasteiger partial charge in [0.15, 0.2) is 11.3 Å². The molecular formula is C22H20N6O3. The van der Waals surface area contributed by atoms with Crippen molar-refractivity contribution in [1.29, 1.82) is 0 Å². The highest BCUT2D eigenvalue weighted by Crippen LogP contribution is 2.29. The maximum atomic E-state index is 12.0. The predicted octanol–water partition coefficient (Wildman–Crippen LogP) is 3.07. The number of nitrogens with one attached hydrogen (secondary N) is 1. The van der Waals surface area contributed by atoms with E-state index >= 15 is 0 Å². The van der Waals surface area contributed by atoms with Crippen molar-refractivity contribution in [2.45, 2.75) is 0 Å². The van der Waals surface area contributed by atoms with E-state index in [1.807, 2.05) is 42.5 Å². The molecule has 3 aromatic heterocycles. The number of carboxylic acids is 1. The van der Waals surface area contributed by atoms with Crippen LogP contribution in [0.5, 0.6) is 0 Å². The van der Waals surface area contributed by atoms with Crippen LogP contribution in [0.2, 0.25) is 0 Å². The van der Waals surface area contributed by atoms with Crippen LogP contribution in [-0.4, -0.2) is 56.7 Å². The maximum absolute atomic E-state index is 12.0. The molecule has 0 amide bonds. The number of benzene rings is 1. The average molecular weight is 416 g/mol. The first-order valence-electron chi connectivity index (χ1n) is 9.92. The molecule has 156 valence electrons. The molecule has 0 atom stereocenters. The molecule has 5 rings (SSSR count). The summed E-state index contributed by atoms with van der Waals surface area (Å²) in [6.07, 6.45) is 3.21. The standard InChI is InChI=1S/C22H20N6O3/c29-22(30)20-19(15-5-2-1-3-6-15)26-21-16(7-4-8-28(20)21)25-17-13-18(24-14-23-17)27-9-11-31-12-10-27/h1-8,13-14H,9-12H2,(H,29,30)(H,23,24,25). The first-order chi connectivity index (χ1) is 15.2. The number of aromatic carboxylic acids is 1. The van der Waals surface area contributed by atoms with E-state index in [1.165, 1.54) is 6.33 Å². The molecule has 0 bridgehead atoms. The number of nitrogens with zero attached hydrogens (tertiary/aromatic N) is 5. The summed E-state index contributed by atoms with van der Waals surface area (Å²) < 4.78 is 6.99. The van der Waals surface area contributed by atoms with Crippen molar-refractivity contribution < 1.29 is 14.6 Å². The highest BCUT2D eigenvalue weighted by molar-refractivity contribution is 5.96. The van der Waals surface area contributed by atoms with Crippen LogP contribution in [-0.2, 0) is 4.74 Å². The summed E-state index contributed by atoms with van der Waals surface area (Å²) >= 11 is 0. The second-order valence-corrected chi connectivity index (χ2v) is 7.08. The quantitative estimate of drug-likeness (QED) is 0.511. The minimum Gasteiger partial charge on any atom is -0.476 e. The van der Waals surface area contributed by atoms with Crippen molar-refractivity contribution in [2.75, 3.05) is 36.5 Å². The van der Waals surface area contributed by atoms with Crippen LogP contribution in [0.4, 0.5) is 17.3 Å². The Morgan fingerprint density at radius 1 is 1.06 bits per heavy atom. The molecule has 31 heavy (non-hydrogen) atoms. The topological polar surface area (TPSA) is 105 Å². The number of carbonyl (C=O) groups is 1. The van der Waals surface area contributed by atoms with Crippen molar-refractivity contribution in [3.63, 3.8) is 0 Å². The molecule has 9 heteroatoms. The molecular weight excluding hydrogens is 396 g/mol. The molecule has 0 spiro atoms. The van der Waals surface area contributed by atoms with Gasteiger partial charge in [0, 0.05) is 30.9 Å². The third-order valence-electron chi connectivity index (χ3n) is 5.15. The fourth-order valence-corrected chi connectivity index (χ4v) is 3.69. The monoisotopic (exact) mass is 416 g/mol. The second-order valence-electron chi connectivity index (χ2n) is 7.08. The summed E-state index contributed by atoms with van der Waals surface area (Å²) in [5, 5.41) is 13.1. The number of hydrogen-bond acceptors (Lipinski definition) is 7. The summed E-state index contributed by atoms with van der Waals surface area (Å²) in [5.41, 5.74) is 2.43. The van der Waals surface area contributed by atoms with E-state index in [4.69, 9.17) is 4.74 Å². The number of imidazole rings is 1. The molecule has 0 unspecified atom stereocenters. The molecule has 1 aromatic carbocycles. The summed E-state index contributed by atoms with van der Waals surface area (Å²) in [6.45, 7) is 2.88. The first-order valence-corrected chi connectivity index (χ1v) is 9.92. The molecule has 4 heterocycles. The van der Waals surface area contributed by atoms with Crippen LogP contribution in [0.1, 0.15) is 10.5 Å². The lowest BCUT2D eigenvalue weighted by Gasteiger charge is -2.27. The molecule has 1 saturated heterocycles. The zero-order valence-corrected chi connectivity index (χ0v) is 16.6. The first kappa shape index (κ1) is 19.0. The molecule has 1 aliphatic heterocycles.